The van der Waals surface area contributed by atoms with E-state index in [1.165, 1.54) is 0 Å². The number of benzene rings is 1. The van der Waals surface area contributed by atoms with E-state index in [0.717, 1.165) is 5.75 Å². The number of rotatable bonds is 5. The van der Waals surface area contributed by atoms with Crippen LogP contribution in [0.5, 0.6) is 5.75 Å². The van der Waals surface area contributed by atoms with Gasteiger partial charge in [0.15, 0.2) is 0 Å². The largest absolute Gasteiger partial charge is 0.542 e. The van der Waals surface area contributed by atoms with Crippen molar-refractivity contribution in [2.45, 2.75) is 58.2 Å². The minimum atomic E-state index is -1.96. The number of hydrogen-bond acceptors (Lipinski definition) is 2. The van der Waals surface area contributed by atoms with Crippen molar-refractivity contribution in [2.24, 2.45) is 0 Å². The summed E-state index contributed by atoms with van der Waals surface area (Å²) in [7, 11) is -1.96. The summed E-state index contributed by atoms with van der Waals surface area (Å²) in [5, 5.41) is 0.646. The number of hydrogen-bond donors (Lipinski definition) is 1. The molecule has 1 rings (SSSR count). The van der Waals surface area contributed by atoms with E-state index >= 15 is 0 Å². The molecule has 0 fully saturated rings. The smallest absolute Gasteiger partial charge is 0.258 e. The van der Waals surface area contributed by atoms with Crippen LogP contribution in [0.3, 0.4) is 0 Å². The SMILES string of the molecule is CC(C)[Si](Oc1cc(N)ccc1Cl)(C(C)C)C(C)C. The molecule has 0 aliphatic carbocycles. The first-order chi connectivity index (χ1) is 8.71. The van der Waals surface area contributed by atoms with Crippen molar-refractivity contribution in [1.29, 1.82) is 0 Å². The quantitative estimate of drug-likeness (QED) is 0.577. The van der Waals surface area contributed by atoms with Crippen molar-refractivity contribution in [1.82, 2.24) is 0 Å². The molecule has 2 N–H and O–H groups in total. The van der Waals surface area contributed by atoms with Gasteiger partial charge in [-0.1, -0.05) is 53.1 Å². The molecule has 108 valence electrons. The van der Waals surface area contributed by atoms with Gasteiger partial charge in [-0.15, -0.1) is 0 Å². The van der Waals surface area contributed by atoms with Gasteiger partial charge in [0.05, 0.1) is 5.02 Å². The molecule has 0 radical (unpaired) electrons. The Morgan fingerprint density at radius 3 is 1.89 bits per heavy atom. The monoisotopic (exact) mass is 299 g/mol. The first-order valence-corrected chi connectivity index (χ1v) is 9.47. The lowest BCUT2D eigenvalue weighted by atomic mass is 10.3. The Hall–Kier alpha value is -0.673. The highest BCUT2D eigenvalue weighted by Crippen LogP contribution is 2.44. The Labute approximate surface area is 123 Å². The highest BCUT2D eigenvalue weighted by atomic mass is 35.5. The van der Waals surface area contributed by atoms with Crippen molar-refractivity contribution < 1.29 is 4.43 Å². The van der Waals surface area contributed by atoms with Crippen LogP contribution >= 0.6 is 11.6 Å². The van der Waals surface area contributed by atoms with Crippen molar-refractivity contribution in [3.05, 3.63) is 23.2 Å². The zero-order valence-electron chi connectivity index (χ0n) is 12.8. The van der Waals surface area contributed by atoms with Crippen LogP contribution in [-0.4, -0.2) is 8.32 Å². The topological polar surface area (TPSA) is 35.2 Å². The van der Waals surface area contributed by atoms with Gasteiger partial charge in [-0.05, 0) is 28.8 Å². The van der Waals surface area contributed by atoms with Crippen LogP contribution in [0.2, 0.25) is 21.6 Å². The summed E-state index contributed by atoms with van der Waals surface area (Å²) >= 11 is 6.26. The molecule has 0 aromatic heterocycles. The summed E-state index contributed by atoms with van der Waals surface area (Å²) in [5.41, 5.74) is 8.10. The molecule has 2 nitrogen and oxygen atoms in total. The van der Waals surface area contributed by atoms with E-state index in [1.54, 1.807) is 6.07 Å². The van der Waals surface area contributed by atoms with Gasteiger partial charge in [-0.2, -0.15) is 0 Å². The summed E-state index contributed by atoms with van der Waals surface area (Å²) in [6.07, 6.45) is 0. The minimum absolute atomic E-state index is 0.519. The Kier molecular flexibility index (Phi) is 5.33. The normalized spacial score (nSPS) is 12.5. The fourth-order valence-electron chi connectivity index (χ4n) is 3.14. The number of halogens is 1. The minimum Gasteiger partial charge on any atom is -0.542 e. The molecule has 0 spiro atoms. The van der Waals surface area contributed by atoms with E-state index < -0.39 is 8.32 Å². The van der Waals surface area contributed by atoms with Crippen molar-refractivity contribution in [3.8, 4) is 5.75 Å². The van der Waals surface area contributed by atoms with Gasteiger partial charge >= 0.3 is 0 Å². The number of nitrogen functional groups attached to an aromatic ring is 1. The molecular formula is C15H26ClNOSi. The zero-order valence-corrected chi connectivity index (χ0v) is 14.6. The second kappa shape index (κ2) is 6.19. The van der Waals surface area contributed by atoms with E-state index in [-0.39, 0.29) is 0 Å². The van der Waals surface area contributed by atoms with Gasteiger partial charge in [0, 0.05) is 11.8 Å². The molecule has 4 heteroatoms. The standard InChI is InChI=1S/C15H26ClNOSi/c1-10(2)19(11(3)4,12(5)6)18-15-9-13(17)7-8-14(15)16/h7-12H,17H2,1-6H3. The van der Waals surface area contributed by atoms with Crippen molar-refractivity contribution >= 4 is 25.6 Å². The lowest BCUT2D eigenvalue weighted by molar-refractivity contribution is 0.480. The van der Waals surface area contributed by atoms with Crippen LogP contribution in [0.1, 0.15) is 41.5 Å². The van der Waals surface area contributed by atoms with Crippen LogP contribution < -0.4 is 10.2 Å². The van der Waals surface area contributed by atoms with Gasteiger partial charge in [-0.3, -0.25) is 0 Å². The van der Waals surface area contributed by atoms with E-state index in [9.17, 15) is 0 Å². The van der Waals surface area contributed by atoms with Gasteiger partial charge < -0.3 is 10.2 Å². The van der Waals surface area contributed by atoms with E-state index in [2.05, 4.69) is 41.5 Å². The lowest BCUT2D eigenvalue weighted by Gasteiger charge is -2.42. The third-order valence-electron chi connectivity index (χ3n) is 3.95. The van der Waals surface area contributed by atoms with Gasteiger partial charge in [-0.25, -0.2) is 0 Å². The molecular weight excluding hydrogens is 274 g/mol. The number of nitrogens with two attached hydrogens (primary N) is 1. The Morgan fingerprint density at radius 1 is 1.00 bits per heavy atom. The number of anilines is 1. The van der Waals surface area contributed by atoms with Gasteiger partial charge in [0.2, 0.25) is 0 Å². The summed E-state index contributed by atoms with van der Waals surface area (Å²) in [5.74, 6) is 0.740. The van der Waals surface area contributed by atoms with Crippen LogP contribution in [0.25, 0.3) is 0 Å². The molecule has 0 saturated carbocycles. The molecule has 0 bridgehead atoms. The molecule has 0 aliphatic rings. The zero-order chi connectivity index (χ0) is 14.8. The average Bonchev–Trinajstić information content (AvgIpc) is 2.28. The lowest BCUT2D eigenvalue weighted by Crippen LogP contribution is -2.50. The first kappa shape index (κ1) is 16.4. The van der Waals surface area contributed by atoms with E-state index in [1.807, 2.05) is 12.1 Å². The predicted molar refractivity (Wildman–Crippen MR) is 87.5 cm³/mol. The third kappa shape index (κ3) is 3.26. The van der Waals surface area contributed by atoms with Crippen LogP contribution in [0, 0.1) is 0 Å². The molecule has 0 aliphatic heterocycles. The molecule has 0 amide bonds. The Balaban J connectivity index is 3.24. The van der Waals surface area contributed by atoms with E-state index in [0.29, 0.717) is 27.3 Å². The molecule has 0 atom stereocenters. The Morgan fingerprint density at radius 2 is 1.47 bits per heavy atom. The highest BCUT2D eigenvalue weighted by Gasteiger charge is 2.47. The maximum atomic E-state index is 6.52. The average molecular weight is 300 g/mol. The maximum Gasteiger partial charge on any atom is 0.258 e. The third-order valence-corrected chi connectivity index (χ3v) is 10.2. The molecule has 0 heterocycles. The second-order valence-electron chi connectivity index (χ2n) is 6.11. The Bertz CT molecular complexity index is 410. The summed E-state index contributed by atoms with van der Waals surface area (Å²) in [4.78, 5) is 0. The molecule has 0 unspecified atom stereocenters. The van der Waals surface area contributed by atoms with E-state index in [4.69, 9.17) is 21.8 Å². The van der Waals surface area contributed by atoms with Crippen molar-refractivity contribution in [3.63, 3.8) is 0 Å². The van der Waals surface area contributed by atoms with Gasteiger partial charge in [0.1, 0.15) is 5.75 Å². The second-order valence-corrected chi connectivity index (χ2v) is 11.9. The van der Waals surface area contributed by atoms with Crippen LogP contribution in [-0.2, 0) is 0 Å². The fourth-order valence-corrected chi connectivity index (χ4v) is 8.62. The first-order valence-electron chi connectivity index (χ1n) is 6.95. The van der Waals surface area contributed by atoms with Crippen LogP contribution in [0.4, 0.5) is 5.69 Å². The predicted octanol–water partition coefficient (Wildman–Crippen LogP) is 5.48. The summed E-state index contributed by atoms with van der Waals surface area (Å²) < 4.78 is 6.52. The summed E-state index contributed by atoms with van der Waals surface area (Å²) in [6.45, 7) is 13.5. The highest BCUT2D eigenvalue weighted by molar-refractivity contribution is 6.78. The molecule has 19 heavy (non-hydrogen) atoms. The maximum absolute atomic E-state index is 6.52. The molecule has 0 saturated heterocycles. The molecule has 1 aromatic rings. The van der Waals surface area contributed by atoms with Gasteiger partial charge in [0.25, 0.3) is 8.32 Å². The van der Waals surface area contributed by atoms with Crippen molar-refractivity contribution in [2.75, 3.05) is 5.73 Å². The molecule has 1 aromatic carbocycles. The van der Waals surface area contributed by atoms with Crippen LogP contribution in [0.15, 0.2) is 18.2 Å². The summed E-state index contributed by atoms with van der Waals surface area (Å²) in [6, 6.07) is 5.46. The fraction of sp³-hybridized carbons (Fsp3) is 0.600.